The third kappa shape index (κ3) is 5.02. The SMILES string of the molecule is CC.O=Cc1ccc(CN2CCN(c3ccc(N4CC(CO)OC4=O)cc3F)C=N2)o1. The molecule has 0 saturated carbocycles. The van der Waals surface area contributed by atoms with E-state index in [-0.39, 0.29) is 18.9 Å². The molecule has 0 spiro atoms. The van der Waals surface area contributed by atoms with Gasteiger partial charge in [0.05, 0.1) is 37.6 Å². The monoisotopic (exact) mass is 432 g/mol. The fraction of sp³-hybridized carbons (Fsp3) is 0.381. The molecule has 0 bridgehead atoms. The number of halogens is 1. The fourth-order valence-corrected chi connectivity index (χ4v) is 3.22. The summed E-state index contributed by atoms with van der Waals surface area (Å²) in [6, 6.07) is 7.78. The lowest BCUT2D eigenvalue weighted by atomic mass is 10.2. The molecule has 1 amide bonds. The van der Waals surface area contributed by atoms with Crippen molar-refractivity contribution in [3.05, 3.63) is 47.7 Å². The van der Waals surface area contributed by atoms with Crippen LogP contribution in [0.15, 0.2) is 39.9 Å². The Bertz CT molecular complexity index is 948. The van der Waals surface area contributed by atoms with E-state index in [1.165, 1.54) is 17.3 Å². The number of aldehydes is 1. The summed E-state index contributed by atoms with van der Waals surface area (Å²) in [5, 5.41) is 15.2. The highest BCUT2D eigenvalue weighted by Crippen LogP contribution is 2.28. The number of anilines is 2. The van der Waals surface area contributed by atoms with Crippen LogP contribution < -0.4 is 9.80 Å². The molecule has 1 N–H and O–H groups in total. The average molecular weight is 432 g/mol. The Kier molecular flexibility index (Phi) is 7.24. The molecule has 1 unspecified atom stereocenters. The standard InChI is InChI=1S/C19H19FN4O5.C2H6/c20-17-7-13(24-9-16(11-26)29-19(24)27)1-4-18(17)22-5-6-23(21-12-22)8-14-2-3-15(10-25)28-14;1-2/h1-4,7,10,12,16,26H,5-6,8-9,11H2;1-2H3. The number of aliphatic hydroxyl groups is 1. The number of hydrazone groups is 1. The number of carbonyl (C=O) groups is 2. The second-order valence-corrected chi connectivity index (χ2v) is 6.67. The highest BCUT2D eigenvalue weighted by atomic mass is 19.1. The van der Waals surface area contributed by atoms with Gasteiger partial charge in [-0.2, -0.15) is 5.10 Å². The number of carbonyl (C=O) groups excluding carboxylic acids is 2. The molecule has 0 radical (unpaired) electrons. The van der Waals surface area contributed by atoms with Crippen molar-refractivity contribution in [3.63, 3.8) is 0 Å². The first-order valence-corrected chi connectivity index (χ1v) is 10.1. The molecule has 0 aliphatic carbocycles. The number of hydrogen-bond acceptors (Lipinski definition) is 8. The van der Waals surface area contributed by atoms with Gasteiger partial charge in [0, 0.05) is 6.54 Å². The predicted octanol–water partition coefficient (Wildman–Crippen LogP) is 2.84. The molecule has 166 valence electrons. The second kappa shape index (κ2) is 10.1. The van der Waals surface area contributed by atoms with Crippen molar-refractivity contribution in [2.75, 3.05) is 36.0 Å². The van der Waals surface area contributed by atoms with E-state index >= 15 is 0 Å². The Hall–Kier alpha value is -3.40. The van der Waals surface area contributed by atoms with Gasteiger partial charge in [-0.05, 0) is 30.3 Å². The number of ether oxygens (including phenoxy) is 1. The summed E-state index contributed by atoms with van der Waals surface area (Å²) in [5.41, 5.74) is 0.705. The van der Waals surface area contributed by atoms with Gasteiger partial charge in [0.25, 0.3) is 0 Å². The molecule has 2 aliphatic heterocycles. The third-order valence-electron chi connectivity index (χ3n) is 4.72. The Labute approximate surface area is 179 Å². The normalized spacial score (nSPS) is 18.0. The molecular formula is C21H25FN4O5. The maximum Gasteiger partial charge on any atom is 0.414 e. The van der Waals surface area contributed by atoms with Crippen molar-refractivity contribution >= 4 is 30.1 Å². The molecule has 2 aromatic rings. The van der Waals surface area contributed by atoms with Gasteiger partial charge in [0.2, 0.25) is 0 Å². The van der Waals surface area contributed by atoms with Crippen LogP contribution in [0.2, 0.25) is 0 Å². The summed E-state index contributed by atoms with van der Waals surface area (Å²) >= 11 is 0. The number of amides is 1. The highest BCUT2D eigenvalue weighted by Gasteiger charge is 2.32. The van der Waals surface area contributed by atoms with E-state index in [0.29, 0.717) is 43.1 Å². The van der Waals surface area contributed by atoms with Gasteiger partial charge in [0.15, 0.2) is 12.0 Å². The van der Waals surface area contributed by atoms with Crippen LogP contribution in [0, 0.1) is 5.82 Å². The number of cyclic esters (lactones) is 1. The molecule has 1 aromatic carbocycles. The minimum Gasteiger partial charge on any atom is -0.456 e. The average Bonchev–Trinajstić information content (AvgIpc) is 3.41. The van der Waals surface area contributed by atoms with Crippen LogP contribution in [0.4, 0.5) is 20.6 Å². The predicted molar refractivity (Wildman–Crippen MR) is 113 cm³/mol. The third-order valence-corrected chi connectivity index (χ3v) is 4.72. The molecule has 4 rings (SSSR count). The number of benzene rings is 1. The Balaban J connectivity index is 0.00000132. The topological polar surface area (TPSA) is 98.8 Å². The van der Waals surface area contributed by atoms with Gasteiger partial charge >= 0.3 is 6.09 Å². The van der Waals surface area contributed by atoms with E-state index < -0.39 is 18.0 Å². The Morgan fingerprint density at radius 3 is 2.65 bits per heavy atom. The lowest BCUT2D eigenvalue weighted by Gasteiger charge is -2.30. The van der Waals surface area contributed by atoms with Gasteiger partial charge in [-0.25, -0.2) is 9.18 Å². The van der Waals surface area contributed by atoms with Crippen molar-refractivity contribution in [1.29, 1.82) is 0 Å². The number of rotatable bonds is 6. The van der Waals surface area contributed by atoms with E-state index in [9.17, 15) is 14.0 Å². The van der Waals surface area contributed by atoms with Crippen molar-refractivity contribution in [2.24, 2.45) is 5.10 Å². The number of aliphatic hydroxyl groups excluding tert-OH is 1. The maximum absolute atomic E-state index is 14.7. The van der Waals surface area contributed by atoms with Crippen molar-refractivity contribution < 1.29 is 28.2 Å². The van der Waals surface area contributed by atoms with Crippen LogP contribution in [0.5, 0.6) is 0 Å². The summed E-state index contributed by atoms with van der Waals surface area (Å²) in [6.07, 6.45) is 0.948. The first-order chi connectivity index (χ1) is 15.1. The Morgan fingerprint density at radius 1 is 1.26 bits per heavy atom. The van der Waals surface area contributed by atoms with Crippen molar-refractivity contribution in [3.8, 4) is 0 Å². The van der Waals surface area contributed by atoms with Crippen LogP contribution in [-0.2, 0) is 11.3 Å². The van der Waals surface area contributed by atoms with Gasteiger partial charge in [-0.15, -0.1) is 0 Å². The summed E-state index contributed by atoms with van der Waals surface area (Å²) in [6.45, 7) is 5.33. The number of hydrogen-bond donors (Lipinski definition) is 1. The minimum absolute atomic E-state index is 0.173. The molecule has 9 nitrogen and oxygen atoms in total. The molecular weight excluding hydrogens is 407 g/mol. The summed E-state index contributed by atoms with van der Waals surface area (Å²) < 4.78 is 25.0. The highest BCUT2D eigenvalue weighted by molar-refractivity contribution is 5.90. The first kappa shape index (κ1) is 22.3. The minimum atomic E-state index is -0.609. The summed E-state index contributed by atoms with van der Waals surface area (Å²) in [4.78, 5) is 25.5. The zero-order valence-corrected chi connectivity index (χ0v) is 17.4. The van der Waals surface area contributed by atoms with Crippen molar-refractivity contribution in [1.82, 2.24) is 5.01 Å². The van der Waals surface area contributed by atoms with Gasteiger partial charge in [0.1, 0.15) is 24.0 Å². The smallest absolute Gasteiger partial charge is 0.414 e. The fourth-order valence-electron chi connectivity index (χ4n) is 3.22. The quantitative estimate of drug-likeness (QED) is 0.701. The largest absolute Gasteiger partial charge is 0.456 e. The lowest BCUT2D eigenvalue weighted by Crippen LogP contribution is -2.38. The maximum atomic E-state index is 14.7. The van der Waals surface area contributed by atoms with E-state index in [2.05, 4.69) is 5.10 Å². The zero-order valence-electron chi connectivity index (χ0n) is 17.4. The van der Waals surface area contributed by atoms with E-state index in [4.69, 9.17) is 14.3 Å². The molecule has 1 atom stereocenters. The van der Waals surface area contributed by atoms with Crippen molar-refractivity contribution in [2.45, 2.75) is 26.5 Å². The van der Waals surface area contributed by atoms with E-state index in [1.807, 2.05) is 13.8 Å². The molecule has 31 heavy (non-hydrogen) atoms. The Morgan fingerprint density at radius 2 is 2.06 bits per heavy atom. The zero-order chi connectivity index (χ0) is 22.4. The molecule has 1 aromatic heterocycles. The molecule has 3 heterocycles. The van der Waals surface area contributed by atoms with Crippen LogP contribution in [0.25, 0.3) is 0 Å². The second-order valence-electron chi connectivity index (χ2n) is 6.67. The molecule has 2 aliphatic rings. The molecule has 1 fully saturated rings. The van der Waals surface area contributed by atoms with E-state index in [0.717, 1.165) is 0 Å². The van der Waals surface area contributed by atoms with Crippen LogP contribution >= 0.6 is 0 Å². The first-order valence-electron chi connectivity index (χ1n) is 10.1. The number of furan rings is 1. The number of nitrogens with zero attached hydrogens (tertiary/aromatic N) is 4. The van der Waals surface area contributed by atoms with Gasteiger partial charge < -0.3 is 19.2 Å². The van der Waals surface area contributed by atoms with Gasteiger partial charge in [-0.3, -0.25) is 14.7 Å². The summed E-state index contributed by atoms with van der Waals surface area (Å²) in [7, 11) is 0. The van der Waals surface area contributed by atoms with Crippen LogP contribution in [0.1, 0.15) is 30.2 Å². The van der Waals surface area contributed by atoms with Crippen LogP contribution in [-0.4, -0.2) is 61.2 Å². The van der Waals surface area contributed by atoms with Gasteiger partial charge in [-0.1, -0.05) is 13.8 Å². The molecule has 10 heteroatoms. The van der Waals surface area contributed by atoms with Crippen LogP contribution in [0.3, 0.4) is 0 Å². The molecule has 1 saturated heterocycles. The lowest BCUT2D eigenvalue weighted by molar-refractivity contribution is 0.0963. The van der Waals surface area contributed by atoms with E-state index in [1.54, 1.807) is 34.2 Å². The summed E-state index contributed by atoms with van der Waals surface area (Å²) in [5.74, 6) is 0.383.